The van der Waals surface area contributed by atoms with Crippen LogP contribution in [0.1, 0.15) is 31.9 Å². The maximum absolute atomic E-state index is 11.9. The zero-order chi connectivity index (χ0) is 22.9. The number of hydrogen-bond acceptors (Lipinski definition) is 6. The van der Waals surface area contributed by atoms with Crippen LogP contribution in [0.5, 0.6) is 5.75 Å². The second-order valence-electron chi connectivity index (χ2n) is 7.80. The Bertz CT molecular complexity index is 907. The molecule has 1 unspecified atom stereocenters. The first-order valence-corrected chi connectivity index (χ1v) is 9.67. The van der Waals surface area contributed by atoms with Gasteiger partial charge in [0.15, 0.2) is 0 Å². The van der Waals surface area contributed by atoms with Gasteiger partial charge in [0, 0.05) is 12.1 Å². The number of benzene rings is 2. The predicted molar refractivity (Wildman–Crippen MR) is 118 cm³/mol. The molecule has 0 saturated carbocycles. The normalized spacial score (nSPS) is 12.2. The number of nitrogens with two attached hydrogens (primary N) is 1. The van der Waals surface area contributed by atoms with Gasteiger partial charge in [-0.25, -0.2) is 9.59 Å². The van der Waals surface area contributed by atoms with Gasteiger partial charge in [0.25, 0.3) is 0 Å². The molecule has 0 fully saturated rings. The molecule has 166 valence electrons. The third-order valence-corrected chi connectivity index (χ3v) is 3.99. The fourth-order valence-electron chi connectivity index (χ4n) is 2.64. The van der Waals surface area contributed by atoms with Crippen molar-refractivity contribution in [1.82, 2.24) is 5.32 Å². The first-order valence-electron chi connectivity index (χ1n) is 9.67. The number of aliphatic carboxylic acids is 1. The summed E-state index contributed by atoms with van der Waals surface area (Å²) in [5.74, 6) is 4.58. The Morgan fingerprint density at radius 2 is 1.87 bits per heavy atom. The average Bonchev–Trinajstić information content (AvgIpc) is 2.70. The average molecular weight is 428 g/mol. The Balaban J connectivity index is 1.93. The number of rotatable bonds is 9. The van der Waals surface area contributed by atoms with Gasteiger partial charge in [-0.1, -0.05) is 24.3 Å². The quantitative estimate of drug-likeness (QED) is 0.209. The van der Waals surface area contributed by atoms with Crippen LogP contribution in [0, 0.1) is 0 Å². The van der Waals surface area contributed by atoms with Crippen LogP contribution in [0.2, 0.25) is 0 Å². The van der Waals surface area contributed by atoms with E-state index < -0.39 is 23.7 Å². The summed E-state index contributed by atoms with van der Waals surface area (Å²) in [4.78, 5) is 23.4. The Hall–Kier alpha value is -3.75. The molecule has 1 amide bonds. The van der Waals surface area contributed by atoms with Gasteiger partial charge >= 0.3 is 12.1 Å². The van der Waals surface area contributed by atoms with E-state index in [1.165, 1.54) is 6.34 Å². The summed E-state index contributed by atoms with van der Waals surface area (Å²) < 4.78 is 10.9. The van der Waals surface area contributed by atoms with E-state index in [2.05, 4.69) is 15.7 Å². The zero-order valence-electron chi connectivity index (χ0n) is 17.8. The van der Waals surface area contributed by atoms with Crippen molar-refractivity contribution in [1.29, 1.82) is 0 Å². The molecular weight excluding hydrogens is 400 g/mol. The summed E-state index contributed by atoms with van der Waals surface area (Å²) in [6, 6.07) is 13.5. The topological polar surface area (TPSA) is 135 Å². The molecule has 0 spiro atoms. The first-order chi connectivity index (χ1) is 14.7. The predicted octanol–water partition coefficient (Wildman–Crippen LogP) is 3.10. The molecule has 0 aliphatic carbocycles. The fourth-order valence-corrected chi connectivity index (χ4v) is 2.64. The highest BCUT2D eigenvalue weighted by atomic mass is 16.6. The minimum absolute atomic E-state index is 0.116. The standard InChI is InChI=1S/C22H28N4O5/c1-22(2,3)31-21(29)26-19(20(27)28)12-15-7-9-18(10-8-15)30-13-16-5-4-6-17(11-16)24-14-25-23/h4-11,14,19H,12-13,23H2,1-3H3,(H,24,25)(H,26,29)(H,27,28). The minimum Gasteiger partial charge on any atom is -0.489 e. The summed E-state index contributed by atoms with van der Waals surface area (Å²) in [6.45, 7) is 5.49. The van der Waals surface area contributed by atoms with Gasteiger partial charge in [0.1, 0.15) is 30.3 Å². The van der Waals surface area contributed by atoms with Crippen LogP contribution < -0.4 is 21.2 Å². The molecule has 0 heterocycles. The third-order valence-electron chi connectivity index (χ3n) is 3.99. The molecule has 5 N–H and O–H groups in total. The third kappa shape index (κ3) is 8.65. The molecule has 0 aliphatic heterocycles. The molecule has 31 heavy (non-hydrogen) atoms. The van der Waals surface area contributed by atoms with Gasteiger partial charge < -0.3 is 31.1 Å². The Morgan fingerprint density at radius 1 is 1.16 bits per heavy atom. The summed E-state index contributed by atoms with van der Waals surface area (Å²) in [7, 11) is 0. The lowest BCUT2D eigenvalue weighted by atomic mass is 10.1. The molecule has 0 radical (unpaired) electrons. The van der Waals surface area contributed by atoms with Crippen molar-refractivity contribution in [2.45, 2.75) is 45.4 Å². The van der Waals surface area contributed by atoms with Crippen molar-refractivity contribution < 1.29 is 24.2 Å². The minimum atomic E-state index is -1.14. The van der Waals surface area contributed by atoms with Crippen molar-refractivity contribution in [2.75, 3.05) is 5.32 Å². The van der Waals surface area contributed by atoms with Crippen molar-refractivity contribution in [3.05, 3.63) is 59.7 Å². The monoisotopic (exact) mass is 428 g/mol. The van der Waals surface area contributed by atoms with Crippen LogP contribution in [-0.2, 0) is 22.6 Å². The van der Waals surface area contributed by atoms with E-state index in [4.69, 9.17) is 15.3 Å². The molecule has 0 aliphatic rings. The lowest BCUT2D eigenvalue weighted by molar-refractivity contribution is -0.139. The van der Waals surface area contributed by atoms with Crippen LogP contribution in [0.3, 0.4) is 0 Å². The van der Waals surface area contributed by atoms with Crippen LogP contribution in [0.25, 0.3) is 0 Å². The molecule has 9 heteroatoms. The molecule has 0 saturated heterocycles. The van der Waals surface area contributed by atoms with Gasteiger partial charge in [-0.3, -0.25) is 0 Å². The smallest absolute Gasteiger partial charge is 0.408 e. The number of carbonyl (C=O) groups is 2. The number of hydrogen-bond donors (Lipinski definition) is 4. The molecule has 2 aromatic carbocycles. The number of carboxylic acid groups (broad SMARTS) is 1. The number of amides is 1. The van der Waals surface area contributed by atoms with Crippen LogP contribution in [0.4, 0.5) is 10.5 Å². The number of nitrogens with zero attached hydrogens (tertiary/aromatic N) is 1. The second-order valence-corrected chi connectivity index (χ2v) is 7.80. The fraction of sp³-hybridized carbons (Fsp3) is 0.318. The Morgan fingerprint density at radius 3 is 2.48 bits per heavy atom. The van der Waals surface area contributed by atoms with Crippen molar-refractivity contribution in [3.8, 4) is 5.75 Å². The SMILES string of the molecule is CC(C)(C)OC(=O)NC(Cc1ccc(OCc2cccc(NC=NN)c2)cc1)C(=O)O. The number of alkyl carbamates (subject to hydrolysis) is 1. The van der Waals surface area contributed by atoms with Crippen molar-refractivity contribution >= 4 is 24.1 Å². The second kappa shape index (κ2) is 10.9. The lowest BCUT2D eigenvalue weighted by Crippen LogP contribution is -2.44. The molecule has 2 rings (SSSR count). The maximum Gasteiger partial charge on any atom is 0.408 e. The van der Waals surface area contributed by atoms with Gasteiger partial charge in [-0.15, -0.1) is 0 Å². The lowest BCUT2D eigenvalue weighted by Gasteiger charge is -2.22. The number of hydrazone groups is 1. The highest BCUT2D eigenvalue weighted by Gasteiger charge is 2.24. The number of ether oxygens (including phenoxy) is 2. The number of anilines is 1. The molecular formula is C22H28N4O5. The van der Waals surface area contributed by atoms with E-state index in [0.29, 0.717) is 12.4 Å². The van der Waals surface area contributed by atoms with E-state index in [0.717, 1.165) is 16.8 Å². The first kappa shape index (κ1) is 23.5. The Kier molecular flexibility index (Phi) is 8.25. The van der Waals surface area contributed by atoms with Crippen LogP contribution in [-0.4, -0.2) is 35.2 Å². The maximum atomic E-state index is 11.9. The van der Waals surface area contributed by atoms with Gasteiger partial charge in [0.05, 0.1) is 0 Å². The number of nitrogens with one attached hydrogen (secondary N) is 2. The summed E-state index contributed by atoms with van der Waals surface area (Å²) >= 11 is 0. The van der Waals surface area contributed by atoms with Gasteiger partial charge in [0.2, 0.25) is 0 Å². The van der Waals surface area contributed by atoms with E-state index in [1.54, 1.807) is 45.0 Å². The molecule has 1 atom stereocenters. The number of carboxylic acids is 1. The van der Waals surface area contributed by atoms with E-state index >= 15 is 0 Å². The highest BCUT2D eigenvalue weighted by Crippen LogP contribution is 2.17. The largest absolute Gasteiger partial charge is 0.489 e. The van der Waals surface area contributed by atoms with Crippen molar-refractivity contribution in [3.63, 3.8) is 0 Å². The summed E-state index contributed by atoms with van der Waals surface area (Å²) in [6.07, 6.45) is 0.737. The molecule has 0 bridgehead atoms. The van der Waals surface area contributed by atoms with Crippen LogP contribution in [0.15, 0.2) is 53.6 Å². The molecule has 2 aromatic rings. The van der Waals surface area contributed by atoms with E-state index in [-0.39, 0.29) is 6.42 Å². The van der Waals surface area contributed by atoms with Crippen molar-refractivity contribution in [2.24, 2.45) is 10.9 Å². The van der Waals surface area contributed by atoms with Gasteiger partial charge in [-0.2, -0.15) is 5.10 Å². The van der Waals surface area contributed by atoms with Crippen LogP contribution >= 0.6 is 0 Å². The summed E-state index contributed by atoms with van der Waals surface area (Å²) in [5, 5.41) is 18.1. The molecule has 0 aromatic heterocycles. The van der Waals surface area contributed by atoms with E-state index in [9.17, 15) is 14.7 Å². The highest BCUT2D eigenvalue weighted by molar-refractivity contribution is 5.80. The summed E-state index contributed by atoms with van der Waals surface area (Å²) in [5.41, 5.74) is 1.82. The van der Waals surface area contributed by atoms with E-state index in [1.807, 2.05) is 24.3 Å². The number of carbonyl (C=O) groups excluding carboxylic acids is 1. The zero-order valence-corrected chi connectivity index (χ0v) is 17.8. The van der Waals surface area contributed by atoms with Gasteiger partial charge in [-0.05, 0) is 56.2 Å². The Labute approximate surface area is 181 Å². The molecule has 9 nitrogen and oxygen atoms in total.